The molecule has 5 nitrogen and oxygen atoms in total. The Bertz CT molecular complexity index is 584. The van der Waals surface area contributed by atoms with E-state index in [1.165, 1.54) is 10.5 Å². The maximum Gasteiger partial charge on any atom is 0.243 e. The number of carbonyl (C=O) groups excluding carboxylic acids is 2. The Labute approximate surface area is 144 Å². The first-order valence-electron chi connectivity index (χ1n) is 8.69. The Balaban J connectivity index is 1.83. The van der Waals surface area contributed by atoms with Crippen LogP contribution in [0.3, 0.4) is 0 Å². The summed E-state index contributed by atoms with van der Waals surface area (Å²) >= 11 is 0. The van der Waals surface area contributed by atoms with Crippen LogP contribution < -0.4 is 10.6 Å². The molecule has 24 heavy (non-hydrogen) atoms. The van der Waals surface area contributed by atoms with Crippen molar-refractivity contribution in [2.45, 2.75) is 40.0 Å². The standard InChI is InChI=1S/C19H29N3O2/c1-13-9-14(2)19(15(3)10-13)21-17(23)12-22(4)18(24)6-5-16-7-8-20-11-16/h9-10,16,20H,5-8,11-12H2,1-4H3,(H,21,23). The topological polar surface area (TPSA) is 61.4 Å². The predicted molar refractivity (Wildman–Crippen MR) is 97.1 cm³/mol. The van der Waals surface area contributed by atoms with Crippen LogP contribution in [0.5, 0.6) is 0 Å². The highest BCUT2D eigenvalue weighted by molar-refractivity contribution is 5.95. The molecule has 2 amide bonds. The normalized spacial score (nSPS) is 16.9. The summed E-state index contributed by atoms with van der Waals surface area (Å²) in [7, 11) is 1.70. The van der Waals surface area contributed by atoms with Gasteiger partial charge in [0.15, 0.2) is 0 Å². The van der Waals surface area contributed by atoms with Gasteiger partial charge in [0.05, 0.1) is 6.54 Å². The van der Waals surface area contributed by atoms with E-state index in [0.717, 1.165) is 42.7 Å². The SMILES string of the molecule is Cc1cc(C)c(NC(=O)CN(C)C(=O)CCC2CCNC2)c(C)c1. The first kappa shape index (κ1) is 18.5. The van der Waals surface area contributed by atoms with Crippen molar-refractivity contribution >= 4 is 17.5 Å². The fourth-order valence-electron chi connectivity index (χ4n) is 3.34. The zero-order chi connectivity index (χ0) is 17.7. The molecule has 0 spiro atoms. The first-order chi connectivity index (χ1) is 11.4. The van der Waals surface area contributed by atoms with E-state index in [1.54, 1.807) is 7.05 Å². The van der Waals surface area contributed by atoms with Crippen LogP contribution in [-0.4, -0.2) is 43.4 Å². The van der Waals surface area contributed by atoms with Crippen molar-refractivity contribution in [3.05, 3.63) is 28.8 Å². The van der Waals surface area contributed by atoms with Gasteiger partial charge in [-0.1, -0.05) is 17.7 Å². The Morgan fingerprint density at radius 1 is 1.25 bits per heavy atom. The Morgan fingerprint density at radius 3 is 2.50 bits per heavy atom. The van der Waals surface area contributed by atoms with Crippen LogP contribution in [0.2, 0.25) is 0 Å². The number of likely N-dealkylation sites (N-methyl/N-ethyl adjacent to an activating group) is 1. The van der Waals surface area contributed by atoms with E-state index < -0.39 is 0 Å². The number of nitrogens with one attached hydrogen (secondary N) is 2. The molecule has 0 bridgehead atoms. The summed E-state index contributed by atoms with van der Waals surface area (Å²) in [6.45, 7) is 8.16. The zero-order valence-corrected chi connectivity index (χ0v) is 15.2. The summed E-state index contributed by atoms with van der Waals surface area (Å²) in [4.78, 5) is 26.0. The van der Waals surface area contributed by atoms with Crippen LogP contribution in [0.25, 0.3) is 0 Å². The van der Waals surface area contributed by atoms with E-state index in [4.69, 9.17) is 0 Å². The second-order valence-corrected chi connectivity index (χ2v) is 6.97. The van der Waals surface area contributed by atoms with Crippen molar-refractivity contribution in [2.24, 2.45) is 5.92 Å². The quantitative estimate of drug-likeness (QED) is 0.841. The summed E-state index contributed by atoms with van der Waals surface area (Å²) in [6, 6.07) is 4.10. The molecule has 5 heteroatoms. The molecule has 0 aliphatic carbocycles. The lowest BCUT2D eigenvalue weighted by molar-refractivity contribution is -0.133. The fourth-order valence-corrected chi connectivity index (χ4v) is 3.34. The summed E-state index contributed by atoms with van der Waals surface area (Å²) in [6.07, 6.45) is 2.55. The highest BCUT2D eigenvalue weighted by Crippen LogP contribution is 2.22. The van der Waals surface area contributed by atoms with Crippen molar-refractivity contribution in [1.82, 2.24) is 10.2 Å². The van der Waals surface area contributed by atoms with Gasteiger partial charge in [-0.2, -0.15) is 0 Å². The molecule has 1 unspecified atom stereocenters. The van der Waals surface area contributed by atoms with E-state index >= 15 is 0 Å². The number of nitrogens with zero attached hydrogens (tertiary/aromatic N) is 1. The first-order valence-corrected chi connectivity index (χ1v) is 8.69. The number of aryl methyl sites for hydroxylation is 3. The predicted octanol–water partition coefficient (Wildman–Crippen LogP) is 2.40. The largest absolute Gasteiger partial charge is 0.336 e. The summed E-state index contributed by atoms with van der Waals surface area (Å²) in [5.74, 6) is 0.479. The molecule has 2 N–H and O–H groups in total. The van der Waals surface area contributed by atoms with Gasteiger partial charge in [-0.15, -0.1) is 0 Å². The molecule has 0 radical (unpaired) electrons. The highest BCUT2D eigenvalue weighted by atomic mass is 16.2. The van der Waals surface area contributed by atoms with Gasteiger partial charge in [0.2, 0.25) is 11.8 Å². The van der Waals surface area contributed by atoms with Crippen molar-refractivity contribution in [2.75, 3.05) is 32.0 Å². The van der Waals surface area contributed by atoms with Crippen molar-refractivity contribution in [3.63, 3.8) is 0 Å². The second-order valence-electron chi connectivity index (χ2n) is 6.97. The van der Waals surface area contributed by atoms with Crippen LogP contribution in [-0.2, 0) is 9.59 Å². The number of anilines is 1. The maximum absolute atomic E-state index is 12.3. The van der Waals surface area contributed by atoms with Crippen molar-refractivity contribution < 1.29 is 9.59 Å². The lowest BCUT2D eigenvalue weighted by Crippen LogP contribution is -2.35. The van der Waals surface area contributed by atoms with Gasteiger partial charge in [-0.05, 0) is 63.7 Å². The van der Waals surface area contributed by atoms with Crippen LogP contribution in [0.1, 0.15) is 36.0 Å². The third-order valence-corrected chi connectivity index (χ3v) is 4.68. The zero-order valence-electron chi connectivity index (χ0n) is 15.2. The summed E-state index contributed by atoms with van der Waals surface area (Å²) in [5, 5.41) is 6.26. The Kier molecular flexibility index (Phi) is 6.37. The number of hydrogen-bond acceptors (Lipinski definition) is 3. The van der Waals surface area contributed by atoms with Gasteiger partial charge in [-0.3, -0.25) is 9.59 Å². The van der Waals surface area contributed by atoms with E-state index in [1.807, 2.05) is 32.9 Å². The molecule has 1 aromatic rings. The molecule has 132 valence electrons. The molecule has 1 aliphatic heterocycles. The van der Waals surface area contributed by atoms with Gasteiger partial charge in [0.1, 0.15) is 0 Å². The molecule has 1 saturated heterocycles. The van der Waals surface area contributed by atoms with Crippen LogP contribution >= 0.6 is 0 Å². The van der Waals surface area contributed by atoms with E-state index in [9.17, 15) is 9.59 Å². The highest BCUT2D eigenvalue weighted by Gasteiger charge is 2.19. The van der Waals surface area contributed by atoms with Crippen LogP contribution in [0.15, 0.2) is 12.1 Å². The number of benzene rings is 1. The van der Waals surface area contributed by atoms with Crippen LogP contribution in [0.4, 0.5) is 5.69 Å². The molecular formula is C19H29N3O2. The summed E-state index contributed by atoms with van der Waals surface area (Å²) < 4.78 is 0. The molecule has 1 atom stereocenters. The fraction of sp³-hybridized carbons (Fsp3) is 0.579. The number of rotatable bonds is 6. The minimum atomic E-state index is -0.150. The Hall–Kier alpha value is -1.88. The third-order valence-electron chi connectivity index (χ3n) is 4.68. The van der Waals surface area contributed by atoms with E-state index in [-0.39, 0.29) is 18.4 Å². The van der Waals surface area contributed by atoms with Crippen LogP contribution in [0, 0.1) is 26.7 Å². The maximum atomic E-state index is 12.3. The Morgan fingerprint density at radius 2 is 1.92 bits per heavy atom. The lowest BCUT2D eigenvalue weighted by atomic mass is 10.0. The smallest absolute Gasteiger partial charge is 0.243 e. The number of hydrogen-bond donors (Lipinski definition) is 2. The lowest BCUT2D eigenvalue weighted by Gasteiger charge is -2.19. The number of amides is 2. The molecule has 1 aromatic carbocycles. The molecule has 1 heterocycles. The number of carbonyl (C=O) groups is 2. The van der Waals surface area contributed by atoms with Gasteiger partial charge in [0, 0.05) is 19.2 Å². The van der Waals surface area contributed by atoms with Gasteiger partial charge in [0.25, 0.3) is 0 Å². The average Bonchev–Trinajstić information content (AvgIpc) is 3.01. The molecular weight excluding hydrogens is 302 g/mol. The van der Waals surface area contributed by atoms with Gasteiger partial charge >= 0.3 is 0 Å². The van der Waals surface area contributed by atoms with Crippen molar-refractivity contribution in [1.29, 1.82) is 0 Å². The summed E-state index contributed by atoms with van der Waals surface area (Å²) in [5.41, 5.74) is 4.12. The monoisotopic (exact) mass is 331 g/mol. The molecule has 1 aliphatic rings. The second kappa shape index (κ2) is 8.29. The van der Waals surface area contributed by atoms with Gasteiger partial charge < -0.3 is 15.5 Å². The third kappa shape index (κ3) is 5.06. The minimum absolute atomic E-state index is 0.0365. The molecule has 1 fully saturated rings. The average molecular weight is 331 g/mol. The van der Waals surface area contributed by atoms with E-state index in [2.05, 4.69) is 10.6 Å². The van der Waals surface area contributed by atoms with E-state index in [0.29, 0.717) is 12.3 Å². The van der Waals surface area contributed by atoms with Crippen molar-refractivity contribution in [3.8, 4) is 0 Å². The molecule has 2 rings (SSSR count). The molecule has 0 saturated carbocycles. The minimum Gasteiger partial charge on any atom is -0.336 e. The van der Waals surface area contributed by atoms with Gasteiger partial charge in [-0.25, -0.2) is 0 Å². The molecule has 0 aromatic heterocycles.